The zero-order valence-electron chi connectivity index (χ0n) is 11.4. The molecule has 0 radical (unpaired) electrons. The molecule has 0 unspecified atom stereocenters. The highest BCUT2D eigenvalue weighted by Crippen LogP contribution is 2.24. The fourth-order valence-corrected chi connectivity index (χ4v) is 1.97. The van der Waals surface area contributed by atoms with Crippen molar-refractivity contribution in [3.63, 3.8) is 0 Å². The standard InChI is InChI=1S/C15H19NO3/c1-11-8-13(10-16)9-12(2)15(11)19-7-5-3-4-6-14(17)18/h8-9H,3-7H2,1-2H3,(H,17,18). The number of unbranched alkanes of at least 4 members (excludes halogenated alkanes) is 2. The normalized spacial score (nSPS) is 9.95. The van der Waals surface area contributed by atoms with E-state index in [0.29, 0.717) is 18.6 Å². The van der Waals surface area contributed by atoms with E-state index in [0.717, 1.165) is 29.7 Å². The van der Waals surface area contributed by atoms with Crippen LogP contribution >= 0.6 is 0 Å². The van der Waals surface area contributed by atoms with Crippen LogP contribution in [0.5, 0.6) is 5.75 Å². The van der Waals surface area contributed by atoms with Crippen molar-refractivity contribution in [2.24, 2.45) is 0 Å². The fraction of sp³-hybridized carbons (Fsp3) is 0.467. The van der Waals surface area contributed by atoms with Crippen molar-refractivity contribution in [2.45, 2.75) is 39.5 Å². The molecule has 0 spiro atoms. The second kappa shape index (κ2) is 7.42. The number of rotatable bonds is 7. The minimum Gasteiger partial charge on any atom is -0.493 e. The summed E-state index contributed by atoms with van der Waals surface area (Å²) in [7, 11) is 0. The van der Waals surface area contributed by atoms with E-state index in [2.05, 4.69) is 6.07 Å². The molecule has 102 valence electrons. The predicted octanol–water partition coefficient (Wildman–Crippen LogP) is 3.20. The molecule has 0 aliphatic heterocycles. The molecule has 0 saturated heterocycles. The topological polar surface area (TPSA) is 70.3 Å². The first-order valence-corrected chi connectivity index (χ1v) is 6.40. The minimum atomic E-state index is -0.750. The van der Waals surface area contributed by atoms with E-state index in [1.54, 1.807) is 0 Å². The highest BCUT2D eigenvalue weighted by Gasteiger charge is 2.06. The molecule has 0 aliphatic carbocycles. The Morgan fingerprint density at radius 2 is 1.89 bits per heavy atom. The van der Waals surface area contributed by atoms with Crippen LogP contribution in [0.3, 0.4) is 0 Å². The zero-order chi connectivity index (χ0) is 14.3. The number of nitriles is 1. The van der Waals surface area contributed by atoms with E-state index in [-0.39, 0.29) is 6.42 Å². The molecule has 0 amide bonds. The molecular weight excluding hydrogens is 242 g/mol. The van der Waals surface area contributed by atoms with Crippen LogP contribution in [-0.4, -0.2) is 17.7 Å². The summed E-state index contributed by atoms with van der Waals surface area (Å²) in [5, 5.41) is 17.4. The molecule has 0 aromatic heterocycles. The van der Waals surface area contributed by atoms with Crippen molar-refractivity contribution in [1.82, 2.24) is 0 Å². The zero-order valence-corrected chi connectivity index (χ0v) is 11.4. The molecule has 4 heteroatoms. The number of hydrogen-bond acceptors (Lipinski definition) is 3. The van der Waals surface area contributed by atoms with Gasteiger partial charge in [-0.2, -0.15) is 5.26 Å². The van der Waals surface area contributed by atoms with Crippen molar-refractivity contribution >= 4 is 5.97 Å². The number of carboxylic acid groups (broad SMARTS) is 1. The molecule has 4 nitrogen and oxygen atoms in total. The molecule has 0 saturated carbocycles. The second-order valence-corrected chi connectivity index (χ2v) is 4.60. The number of nitrogens with zero attached hydrogens (tertiary/aromatic N) is 1. The van der Waals surface area contributed by atoms with Crippen molar-refractivity contribution in [3.05, 3.63) is 28.8 Å². The van der Waals surface area contributed by atoms with Crippen molar-refractivity contribution in [2.75, 3.05) is 6.61 Å². The quantitative estimate of drug-likeness (QED) is 0.765. The third-order valence-corrected chi connectivity index (χ3v) is 2.87. The van der Waals surface area contributed by atoms with Crippen molar-refractivity contribution in [1.29, 1.82) is 5.26 Å². The second-order valence-electron chi connectivity index (χ2n) is 4.60. The molecule has 1 aromatic carbocycles. The Balaban J connectivity index is 2.42. The SMILES string of the molecule is Cc1cc(C#N)cc(C)c1OCCCCCC(=O)O. The summed E-state index contributed by atoms with van der Waals surface area (Å²) in [5.74, 6) is 0.0805. The highest BCUT2D eigenvalue weighted by atomic mass is 16.5. The van der Waals surface area contributed by atoms with Crippen LogP contribution < -0.4 is 4.74 Å². The van der Waals surface area contributed by atoms with Crippen LogP contribution in [0.1, 0.15) is 42.4 Å². The maximum Gasteiger partial charge on any atom is 0.303 e. The molecule has 1 N–H and O–H groups in total. The smallest absolute Gasteiger partial charge is 0.303 e. The molecule has 0 aliphatic rings. The number of aliphatic carboxylic acids is 1. The van der Waals surface area contributed by atoms with Gasteiger partial charge in [0.25, 0.3) is 0 Å². The molecular formula is C15H19NO3. The number of aryl methyl sites for hydroxylation is 2. The van der Waals surface area contributed by atoms with Crippen LogP contribution in [0.25, 0.3) is 0 Å². The predicted molar refractivity (Wildman–Crippen MR) is 72.2 cm³/mol. The lowest BCUT2D eigenvalue weighted by molar-refractivity contribution is -0.137. The highest BCUT2D eigenvalue weighted by molar-refractivity contribution is 5.66. The van der Waals surface area contributed by atoms with Gasteiger partial charge in [0.05, 0.1) is 18.2 Å². The summed E-state index contributed by atoms with van der Waals surface area (Å²) in [6.07, 6.45) is 2.59. The molecule has 0 heterocycles. The summed E-state index contributed by atoms with van der Waals surface area (Å²) < 4.78 is 5.72. The Labute approximate surface area is 113 Å². The number of benzene rings is 1. The third kappa shape index (κ3) is 5.01. The molecule has 1 aromatic rings. The van der Waals surface area contributed by atoms with Crippen LogP contribution in [0, 0.1) is 25.2 Å². The Morgan fingerprint density at radius 1 is 1.26 bits per heavy atom. The summed E-state index contributed by atoms with van der Waals surface area (Å²) in [6, 6.07) is 5.74. The fourth-order valence-electron chi connectivity index (χ4n) is 1.97. The van der Waals surface area contributed by atoms with Gasteiger partial charge in [-0.3, -0.25) is 4.79 Å². The minimum absolute atomic E-state index is 0.217. The summed E-state index contributed by atoms with van der Waals surface area (Å²) in [6.45, 7) is 4.43. The number of carboxylic acids is 1. The lowest BCUT2D eigenvalue weighted by atomic mass is 10.1. The van der Waals surface area contributed by atoms with Crippen molar-refractivity contribution < 1.29 is 14.6 Å². The monoisotopic (exact) mass is 261 g/mol. The van der Waals surface area contributed by atoms with Gasteiger partial charge in [0.2, 0.25) is 0 Å². The van der Waals surface area contributed by atoms with E-state index < -0.39 is 5.97 Å². The van der Waals surface area contributed by atoms with Gasteiger partial charge in [-0.25, -0.2) is 0 Å². The summed E-state index contributed by atoms with van der Waals surface area (Å²) in [4.78, 5) is 10.3. The van der Waals surface area contributed by atoms with Crippen LogP contribution in [-0.2, 0) is 4.79 Å². The lowest BCUT2D eigenvalue weighted by Gasteiger charge is -2.12. The van der Waals surface area contributed by atoms with Crippen LogP contribution in [0.2, 0.25) is 0 Å². The van der Waals surface area contributed by atoms with Gasteiger partial charge in [0.15, 0.2) is 0 Å². The number of ether oxygens (including phenoxy) is 1. The van der Waals surface area contributed by atoms with Gasteiger partial charge in [0, 0.05) is 6.42 Å². The van der Waals surface area contributed by atoms with E-state index in [1.165, 1.54) is 0 Å². The lowest BCUT2D eigenvalue weighted by Crippen LogP contribution is -2.02. The third-order valence-electron chi connectivity index (χ3n) is 2.87. The van der Waals surface area contributed by atoms with E-state index >= 15 is 0 Å². The van der Waals surface area contributed by atoms with Gasteiger partial charge in [-0.05, 0) is 56.4 Å². The van der Waals surface area contributed by atoms with Gasteiger partial charge in [-0.15, -0.1) is 0 Å². The molecule has 0 fully saturated rings. The molecule has 0 bridgehead atoms. The van der Waals surface area contributed by atoms with E-state index in [1.807, 2.05) is 26.0 Å². The van der Waals surface area contributed by atoms with E-state index in [4.69, 9.17) is 15.1 Å². The molecule has 0 atom stereocenters. The number of carbonyl (C=O) groups is 1. The van der Waals surface area contributed by atoms with Crippen molar-refractivity contribution in [3.8, 4) is 11.8 Å². The number of hydrogen-bond donors (Lipinski definition) is 1. The van der Waals surface area contributed by atoms with Gasteiger partial charge >= 0.3 is 5.97 Å². The van der Waals surface area contributed by atoms with Gasteiger partial charge in [-0.1, -0.05) is 0 Å². The maximum atomic E-state index is 10.3. The molecule has 19 heavy (non-hydrogen) atoms. The summed E-state index contributed by atoms with van der Waals surface area (Å²) >= 11 is 0. The van der Waals surface area contributed by atoms with Crippen LogP contribution in [0.15, 0.2) is 12.1 Å². The first-order valence-electron chi connectivity index (χ1n) is 6.40. The van der Waals surface area contributed by atoms with Gasteiger partial charge in [0.1, 0.15) is 5.75 Å². The summed E-state index contributed by atoms with van der Waals surface area (Å²) in [5.41, 5.74) is 2.56. The van der Waals surface area contributed by atoms with E-state index in [9.17, 15) is 4.79 Å². The molecule has 1 rings (SSSR count). The Bertz CT molecular complexity index is 466. The largest absolute Gasteiger partial charge is 0.493 e. The maximum absolute atomic E-state index is 10.3. The Kier molecular flexibility index (Phi) is 5.87. The van der Waals surface area contributed by atoms with Crippen LogP contribution in [0.4, 0.5) is 0 Å². The van der Waals surface area contributed by atoms with Gasteiger partial charge < -0.3 is 9.84 Å². The Morgan fingerprint density at radius 3 is 2.42 bits per heavy atom. The average molecular weight is 261 g/mol. The first kappa shape index (κ1) is 15.0. The first-order chi connectivity index (χ1) is 9.04. The average Bonchev–Trinajstić information content (AvgIpc) is 2.35. The Hall–Kier alpha value is -2.02.